The van der Waals surface area contributed by atoms with Crippen molar-refractivity contribution in [3.8, 4) is 0 Å². The van der Waals surface area contributed by atoms with Crippen molar-refractivity contribution in [2.45, 2.75) is 46.0 Å². The van der Waals surface area contributed by atoms with Crippen molar-refractivity contribution in [1.82, 2.24) is 5.16 Å². The first-order valence-electron chi connectivity index (χ1n) is 6.60. The molecule has 2 aromatic rings. The Hall–Kier alpha value is -1.31. The van der Waals surface area contributed by atoms with E-state index in [0.29, 0.717) is 5.92 Å². The van der Waals surface area contributed by atoms with Gasteiger partial charge in [-0.3, -0.25) is 0 Å². The van der Waals surface area contributed by atoms with Crippen molar-refractivity contribution in [3.05, 3.63) is 29.0 Å². The van der Waals surface area contributed by atoms with E-state index >= 15 is 0 Å². The van der Waals surface area contributed by atoms with Crippen LogP contribution in [0.2, 0.25) is 0 Å². The summed E-state index contributed by atoms with van der Waals surface area (Å²) in [5, 5.41) is 5.47. The highest BCUT2D eigenvalue weighted by atomic mass is 16.5. The minimum atomic E-state index is 0.428. The van der Waals surface area contributed by atoms with Crippen molar-refractivity contribution in [1.29, 1.82) is 0 Å². The van der Waals surface area contributed by atoms with E-state index in [1.807, 2.05) is 0 Å². The van der Waals surface area contributed by atoms with Crippen LogP contribution in [0.4, 0.5) is 0 Å². The fraction of sp³-hybridized carbons (Fsp3) is 0.533. The number of hydrogen-bond donors (Lipinski definition) is 0. The molecule has 0 saturated carbocycles. The Balaban J connectivity index is 2.15. The molecule has 2 nitrogen and oxygen atoms in total. The van der Waals surface area contributed by atoms with Crippen LogP contribution in [-0.2, 0) is 12.8 Å². The molecule has 2 heteroatoms. The molecule has 3 rings (SSSR count). The zero-order chi connectivity index (χ0) is 12.0. The second-order valence-corrected chi connectivity index (χ2v) is 5.48. The molecular weight excluding hydrogens is 210 g/mol. The molecule has 0 spiro atoms. The number of rotatable bonds is 2. The largest absolute Gasteiger partial charge is 0.356 e. The monoisotopic (exact) mass is 229 g/mol. The number of benzene rings is 1. The molecule has 0 aliphatic heterocycles. The molecule has 17 heavy (non-hydrogen) atoms. The van der Waals surface area contributed by atoms with Crippen LogP contribution in [0.3, 0.4) is 0 Å². The summed E-state index contributed by atoms with van der Waals surface area (Å²) < 4.78 is 5.60. The summed E-state index contributed by atoms with van der Waals surface area (Å²) in [6, 6.07) is 4.47. The lowest BCUT2D eigenvalue weighted by Crippen LogP contribution is -1.95. The third kappa shape index (κ3) is 1.58. The minimum absolute atomic E-state index is 0.428. The Labute approximate surface area is 102 Å². The maximum atomic E-state index is 5.60. The number of nitrogens with zero attached hydrogens (tertiary/aromatic N) is 1. The van der Waals surface area contributed by atoms with Crippen LogP contribution in [0.25, 0.3) is 11.0 Å². The molecule has 1 aliphatic rings. The molecule has 1 aromatic heterocycles. The summed E-state index contributed by atoms with van der Waals surface area (Å²) in [6.07, 6.45) is 3.62. The number of hydrogen-bond acceptors (Lipinski definition) is 2. The highest BCUT2D eigenvalue weighted by Gasteiger charge is 2.25. The third-order valence-electron chi connectivity index (χ3n) is 3.99. The van der Waals surface area contributed by atoms with Gasteiger partial charge >= 0.3 is 0 Å². The van der Waals surface area contributed by atoms with Crippen LogP contribution in [0.15, 0.2) is 16.7 Å². The second kappa shape index (κ2) is 3.86. The number of fused-ring (bicyclic) bond motifs is 3. The van der Waals surface area contributed by atoms with Gasteiger partial charge in [-0.1, -0.05) is 38.4 Å². The Morgan fingerprint density at radius 3 is 2.88 bits per heavy atom. The van der Waals surface area contributed by atoms with Crippen LogP contribution in [0, 0.1) is 5.92 Å². The van der Waals surface area contributed by atoms with E-state index in [0.717, 1.165) is 23.6 Å². The Kier molecular flexibility index (Phi) is 2.46. The minimum Gasteiger partial charge on any atom is -0.356 e. The Morgan fingerprint density at radius 1 is 1.35 bits per heavy atom. The van der Waals surface area contributed by atoms with Crippen molar-refractivity contribution in [2.24, 2.45) is 5.92 Å². The van der Waals surface area contributed by atoms with Gasteiger partial charge in [-0.25, -0.2) is 0 Å². The van der Waals surface area contributed by atoms with E-state index in [9.17, 15) is 0 Å². The van der Waals surface area contributed by atoms with Crippen molar-refractivity contribution in [3.63, 3.8) is 0 Å². The van der Waals surface area contributed by atoms with Crippen molar-refractivity contribution in [2.75, 3.05) is 0 Å². The van der Waals surface area contributed by atoms with Gasteiger partial charge in [0.2, 0.25) is 0 Å². The molecule has 1 heterocycles. The standard InChI is InChI=1S/C15H19NO/c1-4-10-7-11-5-6-12-14(9(2)3)16-17-15(12)13(11)8-10/h5-6,9-10H,4,7-8H2,1-3H3. The van der Waals surface area contributed by atoms with Crippen LogP contribution in [0.1, 0.15) is 49.9 Å². The van der Waals surface area contributed by atoms with Crippen LogP contribution < -0.4 is 0 Å². The smallest absolute Gasteiger partial charge is 0.170 e. The summed E-state index contributed by atoms with van der Waals surface area (Å²) >= 11 is 0. The predicted octanol–water partition coefficient (Wildman–Crippen LogP) is 4.08. The first-order valence-corrected chi connectivity index (χ1v) is 6.60. The molecule has 0 saturated heterocycles. The van der Waals surface area contributed by atoms with E-state index in [4.69, 9.17) is 4.52 Å². The second-order valence-electron chi connectivity index (χ2n) is 5.48. The highest BCUT2D eigenvalue weighted by molar-refractivity contribution is 5.84. The molecule has 1 aromatic carbocycles. The first-order chi connectivity index (χ1) is 8.20. The highest BCUT2D eigenvalue weighted by Crippen LogP contribution is 2.36. The lowest BCUT2D eigenvalue weighted by molar-refractivity contribution is 0.438. The third-order valence-corrected chi connectivity index (χ3v) is 3.99. The SMILES string of the molecule is CCC1Cc2ccc3c(C(C)C)noc3c2C1. The maximum Gasteiger partial charge on any atom is 0.170 e. The van der Waals surface area contributed by atoms with Gasteiger partial charge in [0.25, 0.3) is 0 Å². The van der Waals surface area contributed by atoms with Gasteiger partial charge < -0.3 is 4.52 Å². The quantitative estimate of drug-likeness (QED) is 0.775. The summed E-state index contributed by atoms with van der Waals surface area (Å²) in [7, 11) is 0. The molecule has 1 atom stereocenters. The van der Waals surface area contributed by atoms with Crippen molar-refractivity contribution < 1.29 is 4.52 Å². The summed E-state index contributed by atoms with van der Waals surface area (Å²) in [5.41, 5.74) is 5.02. The van der Waals surface area contributed by atoms with Gasteiger partial charge in [0, 0.05) is 10.9 Å². The Morgan fingerprint density at radius 2 is 2.18 bits per heavy atom. The fourth-order valence-electron chi connectivity index (χ4n) is 2.91. The van der Waals surface area contributed by atoms with Crippen LogP contribution in [0.5, 0.6) is 0 Å². The van der Waals surface area contributed by atoms with E-state index in [1.54, 1.807) is 0 Å². The Bertz CT molecular complexity index is 553. The van der Waals surface area contributed by atoms with E-state index in [1.165, 1.54) is 29.4 Å². The molecule has 0 amide bonds. The van der Waals surface area contributed by atoms with E-state index in [-0.39, 0.29) is 0 Å². The molecule has 0 N–H and O–H groups in total. The predicted molar refractivity (Wildman–Crippen MR) is 69.3 cm³/mol. The maximum absolute atomic E-state index is 5.60. The summed E-state index contributed by atoms with van der Waals surface area (Å²) in [6.45, 7) is 6.60. The lowest BCUT2D eigenvalue weighted by atomic mass is 10.0. The molecule has 0 radical (unpaired) electrons. The molecule has 90 valence electrons. The first kappa shape index (κ1) is 10.8. The van der Waals surface area contributed by atoms with Gasteiger partial charge in [-0.2, -0.15) is 0 Å². The van der Waals surface area contributed by atoms with Gasteiger partial charge in [0.05, 0.1) is 5.69 Å². The van der Waals surface area contributed by atoms with Gasteiger partial charge in [-0.15, -0.1) is 0 Å². The molecular formula is C15H19NO. The number of aromatic nitrogens is 1. The van der Waals surface area contributed by atoms with Crippen LogP contribution >= 0.6 is 0 Å². The van der Waals surface area contributed by atoms with Gasteiger partial charge in [0.15, 0.2) is 5.58 Å². The van der Waals surface area contributed by atoms with Gasteiger partial charge in [0.1, 0.15) is 0 Å². The van der Waals surface area contributed by atoms with E-state index < -0.39 is 0 Å². The zero-order valence-electron chi connectivity index (χ0n) is 10.8. The normalized spacial score (nSPS) is 19.2. The van der Waals surface area contributed by atoms with Crippen molar-refractivity contribution >= 4 is 11.0 Å². The molecule has 1 aliphatic carbocycles. The van der Waals surface area contributed by atoms with Crippen LogP contribution in [-0.4, -0.2) is 5.16 Å². The van der Waals surface area contributed by atoms with Gasteiger partial charge in [-0.05, 0) is 36.3 Å². The summed E-state index contributed by atoms with van der Waals surface area (Å²) in [5.74, 6) is 1.22. The average Bonchev–Trinajstić information content (AvgIpc) is 2.91. The molecule has 0 bridgehead atoms. The zero-order valence-corrected chi connectivity index (χ0v) is 10.8. The topological polar surface area (TPSA) is 26.0 Å². The molecule has 0 fully saturated rings. The molecule has 1 unspecified atom stereocenters. The van der Waals surface area contributed by atoms with E-state index in [2.05, 4.69) is 38.1 Å². The fourth-order valence-corrected chi connectivity index (χ4v) is 2.91. The summed E-state index contributed by atoms with van der Waals surface area (Å²) in [4.78, 5) is 0. The lowest BCUT2D eigenvalue weighted by Gasteiger charge is -2.01. The average molecular weight is 229 g/mol.